The monoisotopic (exact) mass is 391 g/mol. The van der Waals surface area contributed by atoms with E-state index in [2.05, 4.69) is 27.0 Å². The fraction of sp³-hybridized carbons (Fsp3) is 0.474. The van der Waals surface area contributed by atoms with E-state index in [0.29, 0.717) is 18.0 Å². The molecule has 2 atom stereocenters. The highest BCUT2D eigenvalue weighted by Gasteiger charge is 2.33. The third-order valence-electron chi connectivity index (χ3n) is 4.82. The van der Waals surface area contributed by atoms with Crippen molar-refractivity contribution < 1.29 is 9.59 Å². The SMILES string of the molecule is CN(C)[C@H](CNC(=O)[C@@H]1CCCCN1C(=O)c1cccs1)c1ccsc1. The van der Waals surface area contributed by atoms with Crippen LogP contribution in [-0.2, 0) is 4.79 Å². The minimum absolute atomic E-state index is 0.0261. The van der Waals surface area contributed by atoms with E-state index in [4.69, 9.17) is 0 Å². The number of hydrogen-bond acceptors (Lipinski definition) is 5. The van der Waals surface area contributed by atoms with Crippen LogP contribution in [0.1, 0.15) is 40.5 Å². The summed E-state index contributed by atoms with van der Waals surface area (Å²) in [4.78, 5) is 30.2. The van der Waals surface area contributed by atoms with E-state index < -0.39 is 0 Å². The Kier molecular flexibility index (Phi) is 6.45. The molecule has 0 radical (unpaired) electrons. The minimum atomic E-state index is -0.372. The molecule has 1 fully saturated rings. The summed E-state index contributed by atoms with van der Waals surface area (Å²) in [5.41, 5.74) is 1.20. The second-order valence-corrected chi connectivity index (χ2v) is 8.50. The van der Waals surface area contributed by atoms with Crippen molar-refractivity contribution in [2.45, 2.75) is 31.3 Å². The van der Waals surface area contributed by atoms with Gasteiger partial charge in [-0.05, 0) is 67.2 Å². The normalized spacial score (nSPS) is 18.7. The lowest BCUT2D eigenvalue weighted by atomic mass is 10.0. The average Bonchev–Trinajstić information content (AvgIpc) is 3.35. The summed E-state index contributed by atoms with van der Waals surface area (Å²) in [6.45, 7) is 1.19. The van der Waals surface area contributed by atoms with Crippen molar-refractivity contribution in [2.24, 2.45) is 0 Å². The number of likely N-dealkylation sites (tertiary alicyclic amines) is 1. The van der Waals surface area contributed by atoms with Crippen LogP contribution in [0.4, 0.5) is 0 Å². The Bertz CT molecular complexity index is 713. The van der Waals surface area contributed by atoms with Gasteiger partial charge in [-0.15, -0.1) is 11.3 Å². The maximum absolute atomic E-state index is 12.9. The molecule has 0 saturated carbocycles. The van der Waals surface area contributed by atoms with Gasteiger partial charge in [0.15, 0.2) is 0 Å². The molecule has 1 aliphatic heterocycles. The molecule has 140 valence electrons. The van der Waals surface area contributed by atoms with E-state index in [1.807, 2.05) is 31.6 Å². The molecule has 0 aliphatic carbocycles. The van der Waals surface area contributed by atoms with Gasteiger partial charge in [-0.25, -0.2) is 0 Å². The molecular formula is C19H25N3O2S2. The summed E-state index contributed by atoms with van der Waals surface area (Å²) >= 11 is 3.09. The first-order valence-electron chi connectivity index (χ1n) is 8.88. The number of likely N-dealkylation sites (N-methyl/N-ethyl adjacent to an activating group) is 1. The lowest BCUT2D eigenvalue weighted by Gasteiger charge is -2.35. The maximum atomic E-state index is 12.9. The van der Waals surface area contributed by atoms with Crippen LogP contribution in [0.25, 0.3) is 0 Å². The zero-order valence-corrected chi connectivity index (χ0v) is 16.8. The summed E-state index contributed by atoms with van der Waals surface area (Å²) < 4.78 is 0. The van der Waals surface area contributed by atoms with Crippen LogP contribution >= 0.6 is 22.7 Å². The number of rotatable bonds is 6. The largest absolute Gasteiger partial charge is 0.352 e. The van der Waals surface area contributed by atoms with Crippen LogP contribution in [0.3, 0.4) is 0 Å². The predicted molar refractivity (Wildman–Crippen MR) is 107 cm³/mol. The van der Waals surface area contributed by atoms with E-state index in [-0.39, 0.29) is 23.9 Å². The van der Waals surface area contributed by atoms with E-state index in [1.165, 1.54) is 16.9 Å². The number of nitrogens with one attached hydrogen (secondary N) is 1. The Morgan fingerprint density at radius 1 is 1.31 bits per heavy atom. The Balaban J connectivity index is 1.66. The molecule has 3 heterocycles. The molecule has 2 aromatic heterocycles. The second-order valence-electron chi connectivity index (χ2n) is 6.77. The molecule has 3 rings (SSSR count). The Labute approximate surface area is 162 Å². The predicted octanol–water partition coefficient (Wildman–Crippen LogP) is 3.22. The number of nitrogens with zero attached hydrogens (tertiary/aromatic N) is 2. The number of amides is 2. The first-order valence-corrected chi connectivity index (χ1v) is 10.7. The van der Waals surface area contributed by atoms with E-state index in [1.54, 1.807) is 16.2 Å². The van der Waals surface area contributed by atoms with Gasteiger partial charge < -0.3 is 15.1 Å². The zero-order chi connectivity index (χ0) is 18.5. The van der Waals surface area contributed by atoms with Gasteiger partial charge in [0.2, 0.25) is 5.91 Å². The van der Waals surface area contributed by atoms with Gasteiger partial charge >= 0.3 is 0 Å². The molecule has 1 aliphatic rings. The van der Waals surface area contributed by atoms with Crippen LogP contribution in [-0.4, -0.2) is 54.8 Å². The third-order valence-corrected chi connectivity index (χ3v) is 6.38. The molecule has 0 bridgehead atoms. The van der Waals surface area contributed by atoms with Crippen molar-refractivity contribution in [2.75, 3.05) is 27.2 Å². The summed E-state index contributed by atoms with van der Waals surface area (Å²) in [6.07, 6.45) is 2.66. The van der Waals surface area contributed by atoms with Crippen LogP contribution in [0.15, 0.2) is 34.3 Å². The number of carbonyl (C=O) groups is 2. The number of piperidine rings is 1. The van der Waals surface area contributed by atoms with Crippen molar-refractivity contribution in [3.63, 3.8) is 0 Å². The molecule has 0 spiro atoms. The Morgan fingerprint density at radius 2 is 2.15 bits per heavy atom. The lowest BCUT2D eigenvalue weighted by molar-refractivity contribution is -0.126. The molecule has 5 nitrogen and oxygen atoms in total. The highest BCUT2D eigenvalue weighted by atomic mass is 32.1. The van der Waals surface area contributed by atoms with Crippen LogP contribution in [0, 0.1) is 0 Å². The van der Waals surface area contributed by atoms with Crippen molar-refractivity contribution in [1.29, 1.82) is 0 Å². The number of carbonyl (C=O) groups excluding carboxylic acids is 2. The van der Waals surface area contributed by atoms with Gasteiger partial charge in [-0.1, -0.05) is 6.07 Å². The van der Waals surface area contributed by atoms with E-state index >= 15 is 0 Å². The van der Waals surface area contributed by atoms with E-state index in [9.17, 15) is 9.59 Å². The Morgan fingerprint density at radius 3 is 2.81 bits per heavy atom. The smallest absolute Gasteiger partial charge is 0.264 e. The summed E-state index contributed by atoms with van der Waals surface area (Å²) in [6, 6.07) is 5.56. The molecular weight excluding hydrogens is 366 g/mol. The first-order chi connectivity index (χ1) is 12.6. The standard InChI is InChI=1S/C19H25N3O2S2/c1-21(2)16(14-8-11-25-13-14)12-20-18(23)15-6-3-4-9-22(15)19(24)17-7-5-10-26-17/h5,7-8,10-11,13,15-16H,3-4,6,9,12H2,1-2H3,(H,20,23)/t15-,16+/m0/s1. The molecule has 2 aromatic rings. The van der Waals surface area contributed by atoms with Gasteiger partial charge in [0.1, 0.15) is 6.04 Å². The highest BCUT2D eigenvalue weighted by Crippen LogP contribution is 2.23. The van der Waals surface area contributed by atoms with Crippen LogP contribution in [0.2, 0.25) is 0 Å². The molecule has 1 saturated heterocycles. The lowest BCUT2D eigenvalue weighted by Crippen LogP contribution is -2.52. The maximum Gasteiger partial charge on any atom is 0.264 e. The van der Waals surface area contributed by atoms with Crippen molar-refractivity contribution in [3.05, 3.63) is 44.8 Å². The van der Waals surface area contributed by atoms with Crippen molar-refractivity contribution >= 4 is 34.5 Å². The quantitative estimate of drug-likeness (QED) is 0.823. The number of hydrogen-bond donors (Lipinski definition) is 1. The molecule has 7 heteroatoms. The highest BCUT2D eigenvalue weighted by molar-refractivity contribution is 7.12. The van der Waals surface area contributed by atoms with Crippen molar-refractivity contribution in [1.82, 2.24) is 15.1 Å². The molecule has 26 heavy (non-hydrogen) atoms. The fourth-order valence-corrected chi connectivity index (χ4v) is 4.75. The summed E-state index contributed by atoms with van der Waals surface area (Å²) in [5.74, 6) is -0.0708. The molecule has 2 amide bonds. The van der Waals surface area contributed by atoms with E-state index in [0.717, 1.165) is 19.3 Å². The fourth-order valence-electron chi connectivity index (χ4n) is 3.37. The van der Waals surface area contributed by atoms with Crippen LogP contribution < -0.4 is 5.32 Å². The van der Waals surface area contributed by atoms with Gasteiger partial charge in [0, 0.05) is 13.1 Å². The van der Waals surface area contributed by atoms with Gasteiger partial charge in [-0.3, -0.25) is 9.59 Å². The topological polar surface area (TPSA) is 52.7 Å². The van der Waals surface area contributed by atoms with Gasteiger partial charge in [0.25, 0.3) is 5.91 Å². The summed E-state index contributed by atoms with van der Waals surface area (Å²) in [5, 5.41) is 9.15. The minimum Gasteiger partial charge on any atom is -0.352 e. The Hall–Kier alpha value is -1.70. The molecule has 1 N–H and O–H groups in total. The van der Waals surface area contributed by atoms with Gasteiger partial charge in [0.05, 0.1) is 10.9 Å². The van der Waals surface area contributed by atoms with Crippen molar-refractivity contribution in [3.8, 4) is 0 Å². The molecule has 0 unspecified atom stereocenters. The number of thiophene rings is 2. The summed E-state index contributed by atoms with van der Waals surface area (Å²) in [7, 11) is 4.03. The third kappa shape index (κ3) is 4.34. The van der Waals surface area contributed by atoms with Gasteiger partial charge in [-0.2, -0.15) is 11.3 Å². The zero-order valence-electron chi connectivity index (χ0n) is 15.2. The molecule has 0 aromatic carbocycles. The first kappa shape index (κ1) is 19.1. The van der Waals surface area contributed by atoms with Crippen LogP contribution in [0.5, 0.6) is 0 Å². The average molecular weight is 392 g/mol. The second kappa shape index (κ2) is 8.79.